The SMILES string of the molecule is COC(=O)CC(C)SCc1ccc(F)cc1C. The van der Waals surface area contributed by atoms with Gasteiger partial charge in [0.2, 0.25) is 0 Å². The third-order valence-corrected chi connectivity index (χ3v) is 3.72. The lowest BCUT2D eigenvalue weighted by molar-refractivity contribution is -0.140. The number of esters is 1. The van der Waals surface area contributed by atoms with Crippen molar-refractivity contribution in [1.82, 2.24) is 0 Å². The fraction of sp³-hybridized carbons (Fsp3) is 0.462. The van der Waals surface area contributed by atoms with Gasteiger partial charge in [0.25, 0.3) is 0 Å². The third-order valence-electron chi connectivity index (χ3n) is 2.51. The Hall–Kier alpha value is -1.03. The summed E-state index contributed by atoms with van der Waals surface area (Å²) in [4.78, 5) is 11.1. The van der Waals surface area contributed by atoms with Crippen LogP contribution in [0.1, 0.15) is 24.5 Å². The summed E-state index contributed by atoms with van der Waals surface area (Å²) in [6.45, 7) is 3.88. The van der Waals surface area contributed by atoms with Crippen LogP contribution in [-0.4, -0.2) is 18.3 Å². The Labute approximate surface area is 106 Å². The maximum atomic E-state index is 12.9. The Morgan fingerprint density at radius 1 is 1.53 bits per heavy atom. The highest BCUT2D eigenvalue weighted by Crippen LogP contribution is 2.22. The highest BCUT2D eigenvalue weighted by molar-refractivity contribution is 7.99. The number of benzene rings is 1. The van der Waals surface area contributed by atoms with E-state index in [2.05, 4.69) is 4.74 Å². The van der Waals surface area contributed by atoms with E-state index in [9.17, 15) is 9.18 Å². The molecule has 0 spiro atoms. The van der Waals surface area contributed by atoms with E-state index in [0.29, 0.717) is 6.42 Å². The molecule has 0 heterocycles. The lowest BCUT2D eigenvalue weighted by Crippen LogP contribution is -2.08. The maximum absolute atomic E-state index is 12.9. The average Bonchev–Trinajstić information content (AvgIpc) is 2.27. The monoisotopic (exact) mass is 256 g/mol. The first-order valence-electron chi connectivity index (χ1n) is 5.46. The van der Waals surface area contributed by atoms with Gasteiger partial charge in [-0.05, 0) is 30.2 Å². The van der Waals surface area contributed by atoms with Gasteiger partial charge >= 0.3 is 5.97 Å². The van der Waals surface area contributed by atoms with Gasteiger partial charge in [-0.2, -0.15) is 11.8 Å². The fourth-order valence-corrected chi connectivity index (χ4v) is 2.47. The summed E-state index contributed by atoms with van der Waals surface area (Å²) >= 11 is 1.67. The number of methoxy groups -OCH3 is 1. The molecule has 0 aromatic heterocycles. The number of hydrogen-bond donors (Lipinski definition) is 0. The van der Waals surface area contributed by atoms with Crippen molar-refractivity contribution in [2.75, 3.05) is 7.11 Å². The molecule has 17 heavy (non-hydrogen) atoms. The van der Waals surface area contributed by atoms with Crippen molar-refractivity contribution < 1.29 is 13.9 Å². The minimum absolute atomic E-state index is 0.194. The van der Waals surface area contributed by atoms with E-state index in [1.807, 2.05) is 13.8 Å². The van der Waals surface area contributed by atoms with Gasteiger partial charge in [-0.1, -0.05) is 13.0 Å². The number of hydrogen-bond acceptors (Lipinski definition) is 3. The summed E-state index contributed by atoms with van der Waals surface area (Å²) in [5.41, 5.74) is 2.05. The second-order valence-corrected chi connectivity index (χ2v) is 5.40. The normalized spacial score (nSPS) is 12.2. The lowest BCUT2D eigenvalue weighted by atomic mass is 10.1. The van der Waals surface area contributed by atoms with Gasteiger partial charge in [-0.25, -0.2) is 4.39 Å². The average molecular weight is 256 g/mol. The van der Waals surface area contributed by atoms with Crippen molar-refractivity contribution in [1.29, 1.82) is 0 Å². The quantitative estimate of drug-likeness (QED) is 0.756. The zero-order valence-electron chi connectivity index (χ0n) is 10.3. The standard InChI is InChI=1S/C13H17FO2S/c1-9-6-12(14)5-4-11(9)8-17-10(2)7-13(15)16-3/h4-6,10H,7-8H2,1-3H3. The van der Waals surface area contributed by atoms with E-state index in [0.717, 1.165) is 16.9 Å². The molecular formula is C13H17FO2S. The molecule has 0 N–H and O–H groups in total. The van der Waals surface area contributed by atoms with Crippen molar-refractivity contribution in [2.45, 2.75) is 31.3 Å². The van der Waals surface area contributed by atoms with Gasteiger partial charge < -0.3 is 4.74 Å². The van der Waals surface area contributed by atoms with Crippen LogP contribution in [0.25, 0.3) is 0 Å². The van der Waals surface area contributed by atoms with Crippen LogP contribution in [-0.2, 0) is 15.3 Å². The molecule has 0 amide bonds. The number of carbonyl (C=O) groups is 1. The number of halogens is 1. The summed E-state index contributed by atoms with van der Waals surface area (Å²) in [7, 11) is 1.39. The van der Waals surface area contributed by atoms with E-state index in [-0.39, 0.29) is 17.0 Å². The number of thioether (sulfide) groups is 1. The summed E-state index contributed by atoms with van der Waals surface area (Å²) < 4.78 is 17.5. The minimum Gasteiger partial charge on any atom is -0.469 e. The molecule has 0 saturated heterocycles. The van der Waals surface area contributed by atoms with E-state index in [1.165, 1.54) is 19.2 Å². The van der Waals surface area contributed by atoms with Crippen molar-refractivity contribution in [3.05, 3.63) is 35.1 Å². The van der Waals surface area contributed by atoms with Crippen molar-refractivity contribution >= 4 is 17.7 Å². The Balaban J connectivity index is 2.47. The Morgan fingerprint density at radius 2 is 2.24 bits per heavy atom. The van der Waals surface area contributed by atoms with Crippen molar-refractivity contribution in [3.63, 3.8) is 0 Å². The predicted molar refractivity (Wildman–Crippen MR) is 68.5 cm³/mol. The first-order chi connectivity index (χ1) is 8.02. The second kappa shape index (κ2) is 6.64. The number of ether oxygens (including phenoxy) is 1. The van der Waals surface area contributed by atoms with E-state index in [1.54, 1.807) is 17.8 Å². The molecule has 1 aromatic rings. The van der Waals surface area contributed by atoms with Crippen LogP contribution in [0, 0.1) is 12.7 Å². The molecule has 1 aromatic carbocycles. The van der Waals surface area contributed by atoms with Gasteiger partial charge in [-0.15, -0.1) is 0 Å². The largest absolute Gasteiger partial charge is 0.469 e. The molecule has 0 aliphatic carbocycles. The van der Waals surface area contributed by atoms with Gasteiger partial charge in [0, 0.05) is 11.0 Å². The smallest absolute Gasteiger partial charge is 0.306 e. The van der Waals surface area contributed by atoms with Gasteiger partial charge in [0.1, 0.15) is 5.82 Å². The summed E-state index contributed by atoms with van der Waals surface area (Å²) in [6.07, 6.45) is 0.404. The van der Waals surface area contributed by atoms with Crippen LogP contribution in [0.4, 0.5) is 4.39 Å². The highest BCUT2D eigenvalue weighted by Gasteiger charge is 2.10. The predicted octanol–water partition coefficient (Wildman–Crippen LogP) is 3.32. The first-order valence-corrected chi connectivity index (χ1v) is 6.51. The number of carbonyl (C=O) groups excluding carboxylic acids is 1. The molecule has 0 fully saturated rings. The lowest BCUT2D eigenvalue weighted by Gasteiger charge is -2.11. The van der Waals surface area contributed by atoms with Crippen molar-refractivity contribution in [3.8, 4) is 0 Å². The summed E-state index contributed by atoms with van der Waals surface area (Å²) in [5, 5.41) is 0.201. The topological polar surface area (TPSA) is 26.3 Å². The molecule has 2 nitrogen and oxygen atoms in total. The van der Waals surface area contributed by atoms with Crippen LogP contribution in [0.3, 0.4) is 0 Å². The molecule has 0 saturated carbocycles. The number of aryl methyl sites for hydroxylation is 1. The molecule has 4 heteroatoms. The van der Waals surface area contributed by atoms with E-state index < -0.39 is 0 Å². The van der Waals surface area contributed by atoms with E-state index in [4.69, 9.17) is 0 Å². The fourth-order valence-electron chi connectivity index (χ4n) is 1.43. The first kappa shape index (κ1) is 14.0. The van der Waals surface area contributed by atoms with Crippen LogP contribution < -0.4 is 0 Å². The van der Waals surface area contributed by atoms with E-state index >= 15 is 0 Å². The van der Waals surface area contributed by atoms with Gasteiger partial charge in [0.05, 0.1) is 13.5 Å². The van der Waals surface area contributed by atoms with Crippen molar-refractivity contribution in [2.24, 2.45) is 0 Å². The van der Waals surface area contributed by atoms with Crippen LogP contribution >= 0.6 is 11.8 Å². The Bertz CT molecular complexity index is 393. The van der Waals surface area contributed by atoms with Crippen LogP contribution in [0.2, 0.25) is 0 Å². The van der Waals surface area contributed by atoms with Crippen LogP contribution in [0.15, 0.2) is 18.2 Å². The summed E-state index contributed by atoms with van der Waals surface area (Å²) in [5.74, 6) is 0.379. The van der Waals surface area contributed by atoms with Crippen LogP contribution in [0.5, 0.6) is 0 Å². The zero-order valence-corrected chi connectivity index (χ0v) is 11.1. The maximum Gasteiger partial charge on any atom is 0.306 e. The molecule has 0 bridgehead atoms. The molecule has 0 aliphatic rings. The Kier molecular flexibility index (Phi) is 5.48. The van der Waals surface area contributed by atoms with Gasteiger partial charge in [-0.3, -0.25) is 4.79 Å². The molecule has 0 radical (unpaired) electrons. The Morgan fingerprint density at radius 3 is 2.82 bits per heavy atom. The summed E-state index contributed by atoms with van der Waals surface area (Å²) in [6, 6.07) is 4.79. The minimum atomic E-state index is -0.209. The molecular weight excluding hydrogens is 239 g/mol. The second-order valence-electron chi connectivity index (χ2n) is 3.97. The molecule has 1 atom stereocenters. The highest BCUT2D eigenvalue weighted by atomic mass is 32.2. The zero-order chi connectivity index (χ0) is 12.8. The molecule has 1 unspecified atom stereocenters. The van der Waals surface area contributed by atoms with Gasteiger partial charge in [0.15, 0.2) is 0 Å². The molecule has 94 valence electrons. The third kappa shape index (κ3) is 4.77. The number of rotatable bonds is 5. The molecule has 0 aliphatic heterocycles. The molecule has 1 rings (SSSR count).